The molecule has 8 rings (SSSR count). The number of thiophene rings is 4. The van der Waals surface area contributed by atoms with Crippen LogP contribution in [0.3, 0.4) is 0 Å². The van der Waals surface area contributed by atoms with Crippen molar-refractivity contribution in [3.8, 4) is 19.8 Å². The average Bonchev–Trinajstić information content (AvgIpc) is 3.72. The molecule has 0 N–H and O–H groups in total. The lowest BCUT2D eigenvalue weighted by Crippen LogP contribution is -2.05. The molecule has 0 fully saturated rings. The lowest BCUT2D eigenvalue weighted by molar-refractivity contribution is 0.490. The maximum absolute atomic E-state index is 13.2. The molecule has 38 heavy (non-hydrogen) atoms. The van der Waals surface area contributed by atoms with E-state index in [1.807, 2.05) is 35.0 Å². The molecule has 0 atom stereocenters. The zero-order valence-corrected chi connectivity index (χ0v) is 23.2. The van der Waals surface area contributed by atoms with Gasteiger partial charge in [-0.2, -0.15) is 0 Å². The highest BCUT2D eigenvalue weighted by atomic mass is 32.1. The second-order valence-electron chi connectivity index (χ2n) is 7.97. The van der Waals surface area contributed by atoms with Gasteiger partial charge in [-0.25, -0.2) is 29.1 Å². The Morgan fingerprint density at radius 1 is 0.526 bits per heavy atom. The largest absolute Gasteiger partial charge is 0.384 e. The molecule has 184 valence electrons. The second-order valence-corrected chi connectivity index (χ2v) is 13.9. The van der Waals surface area contributed by atoms with Crippen LogP contribution in [0.4, 0.5) is 0 Å². The van der Waals surface area contributed by atoms with Crippen LogP contribution in [-0.2, 0) is 0 Å². The fourth-order valence-corrected chi connectivity index (χ4v) is 11.0. The summed E-state index contributed by atoms with van der Waals surface area (Å²) < 4.78 is 13.4. The van der Waals surface area contributed by atoms with E-state index in [-0.39, 0.29) is 21.8 Å². The van der Waals surface area contributed by atoms with Crippen LogP contribution in [0.25, 0.3) is 69.8 Å². The predicted molar refractivity (Wildman–Crippen MR) is 157 cm³/mol. The molecule has 8 nitrogen and oxygen atoms in total. The van der Waals surface area contributed by atoms with Gasteiger partial charge in [-0.05, 0) is 22.9 Å². The standard InChI is InChI=1S/C24H6N2O6S6/c27-21-9-13-14(35-15(9)17-11(23(29)31-21)25-19(37-17)7-3-1-5-33-7)10-16(36-13)18-12(24(30)32-22(10)28)26-20(38-18)8-4-2-6-34-8/h1-6H. The summed E-state index contributed by atoms with van der Waals surface area (Å²) in [6.45, 7) is 0. The number of thiazole rings is 2. The molecule has 0 aliphatic heterocycles. The molecule has 0 aromatic carbocycles. The van der Waals surface area contributed by atoms with E-state index >= 15 is 0 Å². The van der Waals surface area contributed by atoms with Gasteiger partial charge < -0.3 is 8.83 Å². The monoisotopic (exact) mass is 610 g/mol. The molecule has 0 bridgehead atoms. The number of aromatic nitrogens is 2. The molecule has 8 aromatic rings. The van der Waals surface area contributed by atoms with Gasteiger partial charge in [0.1, 0.15) is 10.0 Å². The van der Waals surface area contributed by atoms with Crippen molar-refractivity contribution in [1.29, 1.82) is 0 Å². The second kappa shape index (κ2) is 8.05. The summed E-state index contributed by atoms with van der Waals surface area (Å²) in [6, 6.07) is 7.58. The Kier molecular flexibility index (Phi) is 4.78. The summed E-state index contributed by atoms with van der Waals surface area (Å²) in [7, 11) is 0. The van der Waals surface area contributed by atoms with Crippen LogP contribution in [0.15, 0.2) is 63.0 Å². The minimum absolute atomic E-state index is 0.0635. The molecular weight excluding hydrogens is 605 g/mol. The van der Waals surface area contributed by atoms with E-state index in [1.54, 1.807) is 0 Å². The molecule has 0 spiro atoms. The first-order valence-electron chi connectivity index (χ1n) is 10.7. The van der Waals surface area contributed by atoms with E-state index in [0.717, 1.165) is 9.75 Å². The van der Waals surface area contributed by atoms with Crippen LogP contribution in [0.2, 0.25) is 0 Å². The Labute approximate surface area is 232 Å². The van der Waals surface area contributed by atoms with Crippen molar-refractivity contribution in [2.75, 3.05) is 0 Å². The molecule has 0 amide bonds. The van der Waals surface area contributed by atoms with Gasteiger partial charge in [-0.15, -0.1) is 68.0 Å². The highest BCUT2D eigenvalue weighted by Gasteiger charge is 2.25. The molecule has 0 radical (unpaired) electrons. The van der Waals surface area contributed by atoms with Gasteiger partial charge in [0.2, 0.25) is 0 Å². The molecular formula is C24H6N2O6S6. The van der Waals surface area contributed by atoms with Crippen molar-refractivity contribution >= 4 is 118 Å². The first-order valence-corrected chi connectivity index (χ1v) is 15.7. The van der Waals surface area contributed by atoms with E-state index in [4.69, 9.17) is 8.83 Å². The quantitative estimate of drug-likeness (QED) is 0.215. The summed E-state index contributed by atoms with van der Waals surface area (Å²) >= 11 is 7.94. The van der Waals surface area contributed by atoms with Crippen molar-refractivity contribution in [1.82, 2.24) is 9.97 Å². The topological polar surface area (TPSA) is 120 Å². The smallest absolute Gasteiger partial charge is 0.366 e. The van der Waals surface area contributed by atoms with Crippen molar-refractivity contribution in [3.63, 3.8) is 0 Å². The SMILES string of the molecule is O=c1oc(=O)c2c(sc3c2sc2c4sc(-c5cccs5)nc4c(=O)oc(=O)c23)c2sc(-c3cccs3)nc12. The van der Waals surface area contributed by atoms with Crippen LogP contribution in [0.5, 0.6) is 0 Å². The van der Waals surface area contributed by atoms with Crippen LogP contribution in [-0.4, -0.2) is 9.97 Å². The zero-order valence-electron chi connectivity index (χ0n) is 18.3. The molecule has 0 saturated heterocycles. The summed E-state index contributed by atoms with van der Waals surface area (Å²) in [5.74, 6) is 0. The van der Waals surface area contributed by atoms with Gasteiger partial charge >= 0.3 is 22.5 Å². The third-order valence-electron chi connectivity index (χ3n) is 5.82. The number of fused-ring (bicyclic) bond motifs is 9. The average molecular weight is 611 g/mol. The third kappa shape index (κ3) is 3.09. The van der Waals surface area contributed by atoms with E-state index in [1.165, 1.54) is 68.0 Å². The molecule has 0 aliphatic carbocycles. The van der Waals surface area contributed by atoms with E-state index in [0.29, 0.717) is 38.2 Å². The van der Waals surface area contributed by atoms with Crippen LogP contribution < -0.4 is 22.5 Å². The van der Waals surface area contributed by atoms with Crippen molar-refractivity contribution in [2.45, 2.75) is 0 Å². The third-order valence-corrected chi connectivity index (χ3v) is 12.9. The Morgan fingerprint density at radius 3 is 1.34 bits per heavy atom. The van der Waals surface area contributed by atoms with Gasteiger partial charge in [0.25, 0.3) is 0 Å². The first kappa shape index (κ1) is 22.6. The zero-order chi connectivity index (χ0) is 25.7. The summed E-state index contributed by atoms with van der Waals surface area (Å²) in [4.78, 5) is 62.7. The lowest BCUT2D eigenvalue weighted by atomic mass is 10.3. The number of hydrogen-bond acceptors (Lipinski definition) is 14. The van der Waals surface area contributed by atoms with E-state index in [9.17, 15) is 19.2 Å². The predicted octanol–water partition coefficient (Wildman–Crippen LogP) is 6.57. The normalized spacial score (nSPS) is 12.1. The molecule has 14 heteroatoms. The first-order chi connectivity index (χ1) is 18.5. The maximum Gasteiger partial charge on any atom is 0.366 e. The highest BCUT2D eigenvalue weighted by molar-refractivity contribution is 7.40. The minimum Gasteiger partial charge on any atom is -0.384 e. The molecule has 0 saturated carbocycles. The van der Waals surface area contributed by atoms with Gasteiger partial charge in [0.15, 0.2) is 11.0 Å². The fraction of sp³-hybridized carbons (Fsp3) is 0. The molecule has 8 heterocycles. The Hall–Kier alpha value is -3.40. The Bertz CT molecular complexity index is 2320. The van der Waals surface area contributed by atoms with Crippen molar-refractivity contribution in [2.24, 2.45) is 0 Å². The highest BCUT2D eigenvalue weighted by Crippen LogP contribution is 2.47. The van der Waals surface area contributed by atoms with Gasteiger partial charge in [-0.1, -0.05) is 12.1 Å². The van der Waals surface area contributed by atoms with Crippen LogP contribution >= 0.6 is 68.0 Å². The van der Waals surface area contributed by atoms with Gasteiger partial charge in [-0.3, -0.25) is 0 Å². The van der Waals surface area contributed by atoms with E-state index in [2.05, 4.69) is 9.97 Å². The number of hydrogen-bond donors (Lipinski definition) is 0. The number of rotatable bonds is 2. The minimum atomic E-state index is -0.811. The van der Waals surface area contributed by atoms with Gasteiger partial charge in [0.05, 0.1) is 48.7 Å². The summed E-state index contributed by atoms with van der Waals surface area (Å²) in [5, 5.41) is 5.52. The molecule has 0 aliphatic rings. The van der Waals surface area contributed by atoms with Crippen molar-refractivity contribution < 1.29 is 8.83 Å². The molecule has 0 unspecified atom stereocenters. The maximum atomic E-state index is 13.2. The van der Waals surface area contributed by atoms with Crippen LogP contribution in [0.1, 0.15) is 0 Å². The Morgan fingerprint density at radius 2 is 0.947 bits per heavy atom. The number of nitrogens with zero attached hydrogens (tertiary/aromatic N) is 2. The summed E-state index contributed by atoms with van der Waals surface area (Å²) in [6.07, 6.45) is 0. The Balaban J connectivity index is 1.55. The van der Waals surface area contributed by atoms with Crippen LogP contribution in [0, 0.1) is 0 Å². The summed E-state index contributed by atoms with van der Waals surface area (Å²) in [5.41, 5.74) is -3.10. The van der Waals surface area contributed by atoms with E-state index < -0.39 is 22.5 Å². The fourth-order valence-electron chi connectivity index (χ4n) is 4.23. The van der Waals surface area contributed by atoms with Gasteiger partial charge in [0, 0.05) is 0 Å². The molecule has 8 aromatic heterocycles. The van der Waals surface area contributed by atoms with Crippen molar-refractivity contribution in [3.05, 3.63) is 76.7 Å². The lowest BCUT2D eigenvalue weighted by Gasteiger charge is -1.86.